The second-order valence-corrected chi connectivity index (χ2v) is 12.0. The van der Waals surface area contributed by atoms with Gasteiger partial charge in [0.1, 0.15) is 22.3 Å². The van der Waals surface area contributed by atoms with E-state index in [1.165, 1.54) is 0 Å². The Morgan fingerprint density at radius 1 is 0.312 bits per heavy atom. The van der Waals surface area contributed by atoms with Gasteiger partial charge in [-0.25, -0.2) is 15.0 Å². The van der Waals surface area contributed by atoms with Crippen LogP contribution in [0.25, 0.3) is 99.9 Å². The normalized spacial score (nSPS) is 11.8. The van der Waals surface area contributed by atoms with E-state index in [1.54, 1.807) is 0 Å². The van der Waals surface area contributed by atoms with Crippen LogP contribution in [0, 0.1) is 0 Å². The molecule has 3 aromatic heterocycles. The minimum Gasteiger partial charge on any atom is -0.456 e. The third-order valence-electron chi connectivity index (χ3n) is 9.13. The largest absolute Gasteiger partial charge is 0.456 e. The van der Waals surface area contributed by atoms with Gasteiger partial charge < -0.3 is 8.83 Å². The van der Waals surface area contributed by atoms with Crippen molar-refractivity contribution in [2.45, 2.75) is 0 Å². The van der Waals surface area contributed by atoms with Gasteiger partial charge in [0, 0.05) is 43.6 Å². The molecule has 0 aliphatic carbocycles. The van der Waals surface area contributed by atoms with Gasteiger partial charge in [-0.2, -0.15) is 0 Å². The van der Waals surface area contributed by atoms with Crippen molar-refractivity contribution in [1.82, 2.24) is 15.0 Å². The highest BCUT2D eigenvalue weighted by Crippen LogP contribution is 2.41. The first-order valence-corrected chi connectivity index (χ1v) is 15.9. The van der Waals surface area contributed by atoms with Crippen molar-refractivity contribution in [2.75, 3.05) is 0 Å². The third kappa shape index (κ3) is 4.22. The summed E-state index contributed by atoms with van der Waals surface area (Å²) in [5, 5.41) is 6.18. The van der Waals surface area contributed by atoms with Crippen molar-refractivity contribution >= 4 is 54.6 Å². The topological polar surface area (TPSA) is 65.0 Å². The Hall–Kier alpha value is -6.59. The lowest BCUT2D eigenvalue weighted by Gasteiger charge is -2.12. The molecule has 0 N–H and O–H groups in total. The van der Waals surface area contributed by atoms with E-state index >= 15 is 0 Å². The zero-order chi connectivity index (χ0) is 31.6. The number of aromatic nitrogens is 3. The predicted molar refractivity (Wildman–Crippen MR) is 194 cm³/mol. The molecule has 0 fully saturated rings. The molecule has 0 aliphatic heterocycles. The van der Waals surface area contributed by atoms with Crippen molar-refractivity contribution in [3.63, 3.8) is 0 Å². The summed E-state index contributed by atoms with van der Waals surface area (Å²) in [7, 11) is 0. The zero-order valence-corrected chi connectivity index (χ0v) is 25.6. The van der Waals surface area contributed by atoms with Crippen LogP contribution in [0.5, 0.6) is 0 Å². The van der Waals surface area contributed by atoms with Crippen LogP contribution < -0.4 is 0 Å². The van der Waals surface area contributed by atoms with E-state index in [4.69, 9.17) is 23.8 Å². The summed E-state index contributed by atoms with van der Waals surface area (Å²) >= 11 is 0. The van der Waals surface area contributed by atoms with Crippen molar-refractivity contribution in [1.29, 1.82) is 0 Å². The summed E-state index contributed by atoms with van der Waals surface area (Å²) in [6.45, 7) is 0. The van der Waals surface area contributed by atoms with Gasteiger partial charge in [0.15, 0.2) is 17.5 Å². The van der Waals surface area contributed by atoms with E-state index in [9.17, 15) is 0 Å². The van der Waals surface area contributed by atoms with Gasteiger partial charge in [0.25, 0.3) is 0 Å². The number of para-hydroxylation sites is 2. The molecule has 3 heterocycles. The molecular weight excluding hydrogens is 590 g/mol. The Bertz CT molecular complexity index is 2840. The summed E-state index contributed by atoms with van der Waals surface area (Å²) in [4.78, 5) is 15.4. The molecule has 0 spiro atoms. The standard InChI is InChI=1S/C43H25N3O2/c1-3-11-26(12-4-1)28-19-21-32-33(23-28)36(25-35-31-16-8-10-18-38(31)48-40(32)35)43-45-41(27-13-5-2-6-14-27)44-42(46-43)29-20-22-39-34(24-29)30-15-7-9-17-37(30)47-39/h1-25H. The highest BCUT2D eigenvalue weighted by atomic mass is 16.3. The van der Waals surface area contributed by atoms with Crippen LogP contribution in [0.15, 0.2) is 160 Å². The van der Waals surface area contributed by atoms with Crippen LogP contribution in [-0.4, -0.2) is 15.0 Å². The van der Waals surface area contributed by atoms with E-state index in [1.807, 2.05) is 84.9 Å². The van der Waals surface area contributed by atoms with Gasteiger partial charge in [-0.05, 0) is 65.0 Å². The average Bonchev–Trinajstić information content (AvgIpc) is 3.73. The average molecular weight is 616 g/mol. The maximum absolute atomic E-state index is 6.49. The summed E-state index contributed by atoms with van der Waals surface area (Å²) in [6, 6.07) is 51.6. The predicted octanol–water partition coefficient (Wildman–Crippen LogP) is 11.5. The lowest BCUT2D eigenvalue weighted by molar-refractivity contribution is 0.669. The molecule has 0 saturated carbocycles. The van der Waals surface area contributed by atoms with Crippen LogP contribution in [-0.2, 0) is 0 Å². The SMILES string of the molecule is c1ccc(-c2ccc3c(c2)c(-c2nc(-c4ccccc4)nc(-c4ccc5oc6ccccc6c5c4)n2)cc2c4ccccc4oc32)cc1. The molecular formula is C43H25N3O2. The Balaban J connectivity index is 1.28. The maximum atomic E-state index is 6.49. The lowest BCUT2D eigenvalue weighted by atomic mass is 9.95. The number of hydrogen-bond donors (Lipinski definition) is 0. The highest BCUT2D eigenvalue weighted by molar-refractivity contribution is 6.19. The van der Waals surface area contributed by atoms with Gasteiger partial charge in [0.05, 0.1) is 0 Å². The van der Waals surface area contributed by atoms with Crippen LogP contribution in [0.3, 0.4) is 0 Å². The summed E-state index contributed by atoms with van der Waals surface area (Å²) in [5.41, 5.74) is 8.34. The van der Waals surface area contributed by atoms with E-state index in [0.717, 1.165) is 82.5 Å². The van der Waals surface area contributed by atoms with Gasteiger partial charge in [-0.3, -0.25) is 0 Å². The van der Waals surface area contributed by atoms with Gasteiger partial charge in [0.2, 0.25) is 0 Å². The van der Waals surface area contributed by atoms with Crippen molar-refractivity contribution in [2.24, 2.45) is 0 Å². The second kappa shape index (κ2) is 10.5. The molecule has 0 unspecified atom stereocenters. The molecule has 0 aliphatic rings. The summed E-state index contributed by atoms with van der Waals surface area (Å²) < 4.78 is 12.6. The molecule has 224 valence electrons. The second-order valence-electron chi connectivity index (χ2n) is 12.0. The Labute approximate surface area is 274 Å². The number of hydrogen-bond acceptors (Lipinski definition) is 5. The summed E-state index contributed by atoms with van der Waals surface area (Å²) in [6.07, 6.45) is 0. The molecule has 0 radical (unpaired) electrons. The highest BCUT2D eigenvalue weighted by Gasteiger charge is 2.20. The molecule has 0 amide bonds. The number of benzene rings is 7. The molecule has 10 rings (SSSR count). The monoisotopic (exact) mass is 615 g/mol. The molecule has 5 heteroatoms. The van der Waals surface area contributed by atoms with E-state index in [-0.39, 0.29) is 0 Å². The molecule has 0 atom stereocenters. The molecule has 48 heavy (non-hydrogen) atoms. The fraction of sp³-hybridized carbons (Fsp3) is 0. The fourth-order valence-corrected chi connectivity index (χ4v) is 6.80. The molecule has 5 nitrogen and oxygen atoms in total. The number of nitrogens with zero attached hydrogens (tertiary/aromatic N) is 3. The van der Waals surface area contributed by atoms with E-state index < -0.39 is 0 Å². The minimum atomic E-state index is 0.593. The van der Waals surface area contributed by atoms with Gasteiger partial charge >= 0.3 is 0 Å². The smallest absolute Gasteiger partial charge is 0.164 e. The van der Waals surface area contributed by atoms with E-state index in [0.29, 0.717) is 17.5 Å². The van der Waals surface area contributed by atoms with Crippen LogP contribution in [0.1, 0.15) is 0 Å². The zero-order valence-electron chi connectivity index (χ0n) is 25.6. The van der Waals surface area contributed by atoms with Gasteiger partial charge in [-0.1, -0.05) is 103 Å². The molecule has 0 saturated heterocycles. The lowest BCUT2D eigenvalue weighted by Crippen LogP contribution is -2.00. The van der Waals surface area contributed by atoms with Crippen molar-refractivity contribution < 1.29 is 8.83 Å². The Morgan fingerprint density at radius 3 is 1.65 bits per heavy atom. The number of fused-ring (bicyclic) bond motifs is 8. The van der Waals surface area contributed by atoms with Crippen molar-refractivity contribution in [3.05, 3.63) is 152 Å². The molecule has 0 bridgehead atoms. The van der Waals surface area contributed by atoms with Crippen LogP contribution >= 0.6 is 0 Å². The first-order chi connectivity index (χ1) is 23.8. The Kier molecular flexibility index (Phi) is 5.81. The van der Waals surface area contributed by atoms with Crippen molar-refractivity contribution in [3.8, 4) is 45.3 Å². The maximum Gasteiger partial charge on any atom is 0.164 e. The first kappa shape index (κ1) is 26.6. The number of rotatable bonds is 4. The molecule has 7 aromatic carbocycles. The third-order valence-corrected chi connectivity index (χ3v) is 9.13. The van der Waals surface area contributed by atoms with E-state index in [2.05, 4.69) is 66.7 Å². The quantitative estimate of drug-likeness (QED) is 0.197. The summed E-state index contributed by atoms with van der Waals surface area (Å²) in [5.74, 6) is 1.80. The molecule has 10 aromatic rings. The van der Waals surface area contributed by atoms with Crippen LogP contribution in [0.2, 0.25) is 0 Å². The minimum absolute atomic E-state index is 0.593. The first-order valence-electron chi connectivity index (χ1n) is 15.9. The Morgan fingerprint density at radius 2 is 0.875 bits per heavy atom. The number of furan rings is 2. The van der Waals surface area contributed by atoms with Gasteiger partial charge in [-0.15, -0.1) is 0 Å². The fourth-order valence-electron chi connectivity index (χ4n) is 6.80. The van der Waals surface area contributed by atoms with Crippen LogP contribution in [0.4, 0.5) is 0 Å².